The molecule has 3 atom stereocenters. The van der Waals surface area contributed by atoms with E-state index in [0.717, 1.165) is 72.1 Å². The molecule has 178 valence electrons. The molecule has 2 aromatic rings. The largest absolute Gasteiger partial charge is 0.494 e. The summed E-state index contributed by atoms with van der Waals surface area (Å²) in [6.45, 7) is 5.00. The van der Waals surface area contributed by atoms with Crippen LogP contribution in [0.2, 0.25) is 0 Å². The van der Waals surface area contributed by atoms with Crippen molar-refractivity contribution in [2.24, 2.45) is 29.1 Å². The van der Waals surface area contributed by atoms with Gasteiger partial charge < -0.3 is 9.64 Å². The monoisotopic (exact) mass is 563 g/mol. The number of piperidine rings is 1. The predicted molar refractivity (Wildman–Crippen MR) is 135 cm³/mol. The van der Waals surface area contributed by atoms with Gasteiger partial charge in [0.15, 0.2) is 0 Å². The molecule has 33 heavy (non-hydrogen) atoms. The number of carbonyl (C=O) groups is 1. The van der Waals surface area contributed by atoms with E-state index in [0.29, 0.717) is 5.91 Å². The lowest BCUT2D eigenvalue weighted by Crippen LogP contribution is -2.41. The van der Waals surface area contributed by atoms with Crippen molar-refractivity contribution in [3.8, 4) is 11.4 Å². The summed E-state index contributed by atoms with van der Waals surface area (Å²) in [6.07, 6.45) is 9.75. The molecule has 2 saturated carbocycles. The Kier molecular flexibility index (Phi) is 6.90. The Morgan fingerprint density at radius 1 is 1.18 bits per heavy atom. The lowest BCUT2D eigenvalue weighted by molar-refractivity contribution is -0.135. The minimum Gasteiger partial charge on any atom is -0.494 e. The molecule has 1 aliphatic heterocycles. The topological polar surface area (TPSA) is 73.1 Å². The average molecular weight is 563 g/mol. The molecule has 0 radical (unpaired) electrons. The van der Waals surface area contributed by atoms with Gasteiger partial charge in [-0.25, -0.2) is 4.68 Å². The molecule has 8 heteroatoms. The van der Waals surface area contributed by atoms with Crippen molar-refractivity contribution >= 4 is 28.5 Å². The molecule has 0 spiro atoms. The number of alkyl halides is 1. The SMILES string of the molecule is CC(CI)(CC(=O)N1CCC([C@H]2C[C@H]2CCOc2ccc(-n3cnnn3)cc2)CC1)C1CC1. The van der Waals surface area contributed by atoms with E-state index in [1.807, 2.05) is 24.3 Å². The summed E-state index contributed by atoms with van der Waals surface area (Å²) in [7, 11) is 0. The van der Waals surface area contributed by atoms with Gasteiger partial charge in [-0.3, -0.25) is 4.79 Å². The number of ether oxygens (including phenoxy) is 1. The van der Waals surface area contributed by atoms with Gasteiger partial charge in [0.25, 0.3) is 0 Å². The Morgan fingerprint density at radius 2 is 1.94 bits per heavy atom. The zero-order valence-electron chi connectivity index (χ0n) is 19.4. The third-order valence-corrected chi connectivity index (χ3v) is 9.85. The summed E-state index contributed by atoms with van der Waals surface area (Å²) >= 11 is 2.48. The second kappa shape index (κ2) is 9.88. The molecule has 3 aliphatic rings. The Labute approximate surface area is 209 Å². The van der Waals surface area contributed by atoms with Crippen LogP contribution in [0, 0.1) is 29.1 Å². The van der Waals surface area contributed by atoms with E-state index in [1.54, 1.807) is 11.0 Å². The van der Waals surface area contributed by atoms with Gasteiger partial charge in [0.05, 0.1) is 12.3 Å². The predicted octanol–water partition coefficient (Wildman–Crippen LogP) is 4.55. The molecule has 0 N–H and O–H groups in total. The van der Waals surface area contributed by atoms with Gasteiger partial charge >= 0.3 is 0 Å². The van der Waals surface area contributed by atoms with Crippen molar-refractivity contribution in [2.45, 2.75) is 51.9 Å². The molecule has 2 aliphatic carbocycles. The number of rotatable bonds is 10. The quantitative estimate of drug-likeness (QED) is 0.314. The fraction of sp³-hybridized carbons (Fsp3) is 0.680. The Morgan fingerprint density at radius 3 is 2.58 bits per heavy atom. The standard InChI is InChI=1S/C25H34IN5O2/c1-25(16-26,20-2-3-20)15-24(32)30-11-8-18(9-12-30)23-14-19(23)10-13-33-22-6-4-21(5-7-22)31-17-27-28-29-31/h4-7,17-20,23H,2-3,8-16H2,1H3/t19-,23-,25?/m1/s1. The zero-order chi connectivity index (χ0) is 22.8. The number of halogens is 1. The van der Waals surface area contributed by atoms with E-state index in [9.17, 15) is 4.79 Å². The highest BCUT2D eigenvalue weighted by atomic mass is 127. The number of nitrogens with zero attached hydrogens (tertiary/aromatic N) is 5. The van der Waals surface area contributed by atoms with Crippen LogP contribution in [0.25, 0.3) is 5.69 Å². The van der Waals surface area contributed by atoms with Crippen LogP contribution in [0.4, 0.5) is 0 Å². The summed E-state index contributed by atoms with van der Waals surface area (Å²) in [4.78, 5) is 15.1. The van der Waals surface area contributed by atoms with Gasteiger partial charge in [0.1, 0.15) is 12.1 Å². The second-order valence-electron chi connectivity index (χ2n) is 10.5. The highest BCUT2D eigenvalue weighted by molar-refractivity contribution is 14.1. The van der Waals surface area contributed by atoms with Crippen LogP contribution in [0.3, 0.4) is 0 Å². The first-order valence-electron chi connectivity index (χ1n) is 12.4. The lowest BCUT2D eigenvalue weighted by Gasteiger charge is -2.35. The van der Waals surface area contributed by atoms with E-state index >= 15 is 0 Å². The van der Waals surface area contributed by atoms with Crippen molar-refractivity contribution < 1.29 is 9.53 Å². The lowest BCUT2D eigenvalue weighted by atomic mass is 9.82. The number of benzene rings is 1. The van der Waals surface area contributed by atoms with Crippen molar-refractivity contribution in [2.75, 3.05) is 24.1 Å². The molecule has 2 heterocycles. The third-order valence-electron chi connectivity index (χ3n) is 8.11. The van der Waals surface area contributed by atoms with E-state index in [2.05, 4.69) is 49.9 Å². The molecule has 0 bridgehead atoms. The average Bonchev–Trinajstić information content (AvgIpc) is 3.77. The molecule has 1 aromatic heterocycles. The summed E-state index contributed by atoms with van der Waals surface area (Å²) < 4.78 is 8.70. The molecule has 7 nitrogen and oxygen atoms in total. The molecule has 1 saturated heterocycles. The summed E-state index contributed by atoms with van der Waals surface area (Å²) in [6, 6.07) is 7.88. The number of carbonyl (C=O) groups excluding carboxylic acids is 1. The third kappa shape index (κ3) is 5.52. The first-order chi connectivity index (χ1) is 16.1. The Hall–Kier alpha value is -1.71. The number of hydrogen-bond acceptors (Lipinski definition) is 5. The summed E-state index contributed by atoms with van der Waals surface area (Å²) in [5, 5.41) is 11.2. The van der Waals surface area contributed by atoms with Crippen LogP contribution in [0.1, 0.15) is 51.9 Å². The maximum atomic E-state index is 12.9. The van der Waals surface area contributed by atoms with Gasteiger partial charge in [0.2, 0.25) is 5.91 Å². The normalized spacial score (nSPS) is 25.0. The van der Waals surface area contributed by atoms with Crippen molar-refractivity contribution in [1.82, 2.24) is 25.1 Å². The molecule has 1 aromatic carbocycles. The summed E-state index contributed by atoms with van der Waals surface area (Å²) in [5.41, 5.74) is 1.13. The van der Waals surface area contributed by atoms with Gasteiger partial charge in [0, 0.05) is 23.9 Å². The maximum absolute atomic E-state index is 12.9. The van der Waals surface area contributed by atoms with Gasteiger partial charge in [-0.2, -0.15) is 0 Å². The summed E-state index contributed by atoms with van der Waals surface area (Å²) in [5.74, 6) is 4.46. The van der Waals surface area contributed by atoms with E-state index in [-0.39, 0.29) is 5.41 Å². The van der Waals surface area contributed by atoms with Crippen molar-refractivity contribution in [3.05, 3.63) is 30.6 Å². The zero-order valence-corrected chi connectivity index (χ0v) is 21.6. The van der Waals surface area contributed by atoms with Crippen LogP contribution < -0.4 is 4.74 Å². The highest BCUT2D eigenvalue weighted by Gasteiger charge is 2.45. The molecular formula is C25H34IN5O2. The molecule has 1 unspecified atom stereocenters. The van der Waals surface area contributed by atoms with Crippen LogP contribution in [0.15, 0.2) is 30.6 Å². The minimum atomic E-state index is 0.212. The van der Waals surface area contributed by atoms with Gasteiger partial charge in [-0.15, -0.1) is 5.10 Å². The van der Waals surface area contributed by atoms with Gasteiger partial charge in [-0.1, -0.05) is 29.5 Å². The fourth-order valence-electron chi connectivity index (χ4n) is 5.60. The van der Waals surface area contributed by atoms with Crippen LogP contribution in [-0.2, 0) is 4.79 Å². The molecular weight excluding hydrogens is 529 g/mol. The van der Waals surface area contributed by atoms with Crippen LogP contribution >= 0.6 is 22.6 Å². The molecule has 3 fully saturated rings. The first-order valence-corrected chi connectivity index (χ1v) is 13.9. The fourth-order valence-corrected chi connectivity index (χ4v) is 6.49. The Bertz CT molecular complexity index is 925. The maximum Gasteiger partial charge on any atom is 0.223 e. The molecule has 1 amide bonds. The second-order valence-corrected chi connectivity index (χ2v) is 11.3. The van der Waals surface area contributed by atoms with Crippen molar-refractivity contribution in [1.29, 1.82) is 0 Å². The van der Waals surface area contributed by atoms with Crippen LogP contribution in [-0.4, -0.2) is 55.1 Å². The number of aromatic nitrogens is 4. The number of amides is 1. The van der Waals surface area contributed by atoms with Gasteiger partial charge in [-0.05, 0) is 102 Å². The number of tetrazole rings is 1. The smallest absolute Gasteiger partial charge is 0.223 e. The van der Waals surface area contributed by atoms with E-state index in [1.165, 1.54) is 32.1 Å². The van der Waals surface area contributed by atoms with Crippen LogP contribution in [0.5, 0.6) is 5.75 Å². The van der Waals surface area contributed by atoms with E-state index < -0.39 is 0 Å². The minimum absolute atomic E-state index is 0.212. The number of hydrogen-bond donors (Lipinski definition) is 0. The van der Waals surface area contributed by atoms with Crippen molar-refractivity contribution in [3.63, 3.8) is 0 Å². The number of likely N-dealkylation sites (tertiary alicyclic amines) is 1. The molecule has 5 rings (SSSR count). The first kappa shape index (κ1) is 23.1. The Balaban J connectivity index is 1.00. The van der Waals surface area contributed by atoms with E-state index in [4.69, 9.17) is 4.74 Å². The highest BCUT2D eigenvalue weighted by Crippen LogP contribution is 2.51.